The van der Waals surface area contributed by atoms with E-state index >= 15 is 0 Å². The maximum Gasteiger partial charge on any atom is 0.222 e. The van der Waals surface area contributed by atoms with Gasteiger partial charge in [-0.2, -0.15) is 0 Å². The first-order valence-corrected chi connectivity index (χ1v) is 9.92. The van der Waals surface area contributed by atoms with E-state index in [4.69, 9.17) is 0 Å². The molecule has 0 unspecified atom stereocenters. The molecule has 2 aromatic rings. The van der Waals surface area contributed by atoms with E-state index in [-0.39, 0.29) is 0 Å². The molecule has 0 spiro atoms. The predicted octanol–water partition coefficient (Wildman–Crippen LogP) is 4.23. The Labute approximate surface area is 156 Å². The van der Waals surface area contributed by atoms with Gasteiger partial charge < -0.3 is 4.90 Å². The summed E-state index contributed by atoms with van der Waals surface area (Å²) in [6, 6.07) is 22.3. The minimum absolute atomic E-state index is 0.366. The average Bonchev–Trinajstić information content (AvgIpc) is 2.69. The van der Waals surface area contributed by atoms with E-state index < -0.39 is 0 Å². The number of amides is 1. The number of fused-ring (bicyclic) bond motifs is 1. The van der Waals surface area contributed by atoms with Gasteiger partial charge in [-0.25, -0.2) is 0 Å². The molecule has 1 amide bonds. The Hall–Kier alpha value is -2.13. The van der Waals surface area contributed by atoms with Gasteiger partial charge in [-0.1, -0.05) is 60.7 Å². The van der Waals surface area contributed by atoms with Crippen LogP contribution in [0.25, 0.3) is 0 Å². The summed E-state index contributed by atoms with van der Waals surface area (Å²) in [7, 11) is 0. The molecule has 0 saturated carbocycles. The standard InChI is InChI=1S/C23H28N2O/c26-23-15-7-13-22-21(14-8-16-25(22)23)24(17-19-9-3-1-4-10-19)18-20-11-5-2-6-12-20/h1-6,9-12,21-22H,7-8,13-18H2/t21-,22-/m0/s1. The van der Waals surface area contributed by atoms with E-state index in [1.807, 2.05) is 0 Å². The van der Waals surface area contributed by atoms with Crippen molar-refractivity contribution in [3.63, 3.8) is 0 Å². The van der Waals surface area contributed by atoms with Gasteiger partial charge in [0.05, 0.1) is 0 Å². The fourth-order valence-corrected chi connectivity index (χ4v) is 4.65. The topological polar surface area (TPSA) is 23.6 Å². The Morgan fingerprint density at radius 3 is 2.08 bits per heavy atom. The second-order valence-corrected chi connectivity index (χ2v) is 7.63. The highest BCUT2D eigenvalue weighted by molar-refractivity contribution is 5.77. The van der Waals surface area contributed by atoms with Crippen LogP contribution in [-0.4, -0.2) is 34.3 Å². The van der Waals surface area contributed by atoms with Crippen molar-refractivity contribution in [2.24, 2.45) is 0 Å². The first-order chi connectivity index (χ1) is 12.8. The summed E-state index contributed by atoms with van der Waals surface area (Å²) in [5.74, 6) is 0.366. The van der Waals surface area contributed by atoms with Crippen molar-refractivity contribution in [2.75, 3.05) is 6.54 Å². The minimum atomic E-state index is 0.366. The molecule has 0 radical (unpaired) electrons. The summed E-state index contributed by atoms with van der Waals surface area (Å²) in [5.41, 5.74) is 2.70. The molecule has 3 heteroatoms. The molecule has 3 nitrogen and oxygen atoms in total. The van der Waals surface area contributed by atoms with Gasteiger partial charge in [0.15, 0.2) is 0 Å². The van der Waals surface area contributed by atoms with Crippen molar-refractivity contribution in [3.05, 3.63) is 71.8 Å². The number of piperidine rings is 2. The van der Waals surface area contributed by atoms with Crippen LogP contribution in [0.4, 0.5) is 0 Å². The third kappa shape index (κ3) is 3.83. The molecule has 0 bridgehead atoms. The highest BCUT2D eigenvalue weighted by Gasteiger charge is 2.39. The number of hydrogen-bond acceptors (Lipinski definition) is 2. The summed E-state index contributed by atoms with van der Waals surface area (Å²) in [6.45, 7) is 2.84. The highest BCUT2D eigenvalue weighted by Crippen LogP contribution is 2.32. The van der Waals surface area contributed by atoms with Crippen molar-refractivity contribution >= 4 is 5.91 Å². The van der Waals surface area contributed by atoms with Crippen LogP contribution in [0.1, 0.15) is 43.2 Å². The summed E-state index contributed by atoms with van der Waals surface area (Å²) in [4.78, 5) is 17.2. The fraction of sp³-hybridized carbons (Fsp3) is 0.435. The van der Waals surface area contributed by atoms with Crippen molar-refractivity contribution < 1.29 is 4.79 Å². The van der Waals surface area contributed by atoms with Gasteiger partial charge in [0.1, 0.15) is 0 Å². The quantitative estimate of drug-likeness (QED) is 0.807. The average molecular weight is 348 g/mol. The number of benzene rings is 2. The Balaban J connectivity index is 1.59. The van der Waals surface area contributed by atoms with Gasteiger partial charge in [-0.3, -0.25) is 9.69 Å². The van der Waals surface area contributed by atoms with Crippen molar-refractivity contribution in [2.45, 2.75) is 57.3 Å². The molecule has 4 rings (SSSR count). The molecule has 2 atom stereocenters. The maximum atomic E-state index is 12.4. The third-order valence-electron chi connectivity index (χ3n) is 5.88. The van der Waals surface area contributed by atoms with Crippen molar-refractivity contribution in [1.82, 2.24) is 9.80 Å². The Morgan fingerprint density at radius 1 is 0.846 bits per heavy atom. The first kappa shape index (κ1) is 17.3. The molecule has 0 N–H and O–H groups in total. The largest absolute Gasteiger partial charge is 0.338 e. The van der Waals surface area contributed by atoms with Crippen LogP contribution < -0.4 is 0 Å². The lowest BCUT2D eigenvalue weighted by Gasteiger charge is -2.48. The van der Waals surface area contributed by atoms with Crippen molar-refractivity contribution in [1.29, 1.82) is 0 Å². The zero-order valence-corrected chi connectivity index (χ0v) is 15.4. The summed E-state index contributed by atoms with van der Waals surface area (Å²) < 4.78 is 0. The normalized spacial score (nSPS) is 23.1. The number of carbonyl (C=O) groups excluding carboxylic acids is 1. The molecule has 0 aromatic heterocycles. The molecular formula is C23H28N2O. The van der Waals surface area contributed by atoms with E-state index in [0.717, 1.165) is 45.3 Å². The molecule has 2 aliphatic rings. The zero-order valence-electron chi connectivity index (χ0n) is 15.4. The van der Waals surface area contributed by atoms with Crippen LogP contribution >= 0.6 is 0 Å². The molecule has 2 aliphatic heterocycles. The van der Waals surface area contributed by atoms with Gasteiger partial charge in [-0.05, 0) is 36.8 Å². The molecule has 136 valence electrons. The smallest absolute Gasteiger partial charge is 0.222 e. The minimum Gasteiger partial charge on any atom is -0.338 e. The number of carbonyl (C=O) groups is 1. The number of nitrogens with zero attached hydrogens (tertiary/aromatic N) is 2. The van der Waals surface area contributed by atoms with Crippen LogP contribution in [0, 0.1) is 0 Å². The van der Waals surface area contributed by atoms with E-state index in [2.05, 4.69) is 70.5 Å². The number of rotatable bonds is 5. The van der Waals surface area contributed by atoms with Crippen LogP contribution in [0.3, 0.4) is 0 Å². The Kier molecular flexibility index (Phi) is 5.35. The maximum absolute atomic E-state index is 12.4. The first-order valence-electron chi connectivity index (χ1n) is 9.92. The van der Waals surface area contributed by atoms with Gasteiger partial charge in [0.25, 0.3) is 0 Å². The van der Waals surface area contributed by atoms with Gasteiger partial charge in [0.2, 0.25) is 5.91 Å². The molecular weight excluding hydrogens is 320 g/mol. The van der Waals surface area contributed by atoms with Crippen LogP contribution in [0.2, 0.25) is 0 Å². The fourth-order valence-electron chi connectivity index (χ4n) is 4.65. The van der Waals surface area contributed by atoms with Gasteiger partial charge >= 0.3 is 0 Å². The summed E-state index contributed by atoms with van der Waals surface area (Å²) in [6.07, 6.45) is 5.24. The molecule has 26 heavy (non-hydrogen) atoms. The monoisotopic (exact) mass is 348 g/mol. The molecule has 2 saturated heterocycles. The summed E-state index contributed by atoms with van der Waals surface area (Å²) >= 11 is 0. The van der Waals surface area contributed by atoms with Crippen LogP contribution in [0.15, 0.2) is 60.7 Å². The van der Waals surface area contributed by atoms with E-state index in [9.17, 15) is 4.79 Å². The second-order valence-electron chi connectivity index (χ2n) is 7.63. The van der Waals surface area contributed by atoms with Crippen molar-refractivity contribution in [3.8, 4) is 0 Å². The lowest BCUT2D eigenvalue weighted by Crippen LogP contribution is -2.58. The zero-order chi connectivity index (χ0) is 17.8. The Morgan fingerprint density at radius 2 is 1.46 bits per heavy atom. The lowest BCUT2D eigenvalue weighted by molar-refractivity contribution is -0.141. The second kappa shape index (κ2) is 8.05. The Bertz CT molecular complexity index is 674. The molecule has 2 aromatic carbocycles. The molecule has 2 fully saturated rings. The molecule has 2 heterocycles. The SMILES string of the molecule is O=C1CCC[C@H]2[C@@H](N(Cc3ccccc3)Cc3ccccc3)CCCN12. The van der Waals surface area contributed by atoms with Gasteiger partial charge in [-0.15, -0.1) is 0 Å². The molecule has 0 aliphatic carbocycles. The number of hydrogen-bond donors (Lipinski definition) is 0. The summed E-state index contributed by atoms with van der Waals surface area (Å²) in [5, 5.41) is 0. The van der Waals surface area contributed by atoms with E-state index in [0.29, 0.717) is 18.0 Å². The lowest BCUT2D eigenvalue weighted by atomic mass is 9.87. The van der Waals surface area contributed by atoms with Gasteiger partial charge in [0, 0.05) is 38.1 Å². The van der Waals surface area contributed by atoms with Crippen LogP contribution in [0.5, 0.6) is 0 Å². The highest BCUT2D eigenvalue weighted by atomic mass is 16.2. The van der Waals surface area contributed by atoms with E-state index in [1.165, 1.54) is 17.5 Å². The van der Waals surface area contributed by atoms with E-state index in [1.54, 1.807) is 0 Å². The van der Waals surface area contributed by atoms with Crippen LogP contribution in [-0.2, 0) is 17.9 Å². The third-order valence-corrected chi connectivity index (χ3v) is 5.88. The predicted molar refractivity (Wildman–Crippen MR) is 105 cm³/mol.